The molecule has 0 saturated heterocycles. The fourth-order valence-corrected chi connectivity index (χ4v) is 12.1. The SMILES string of the molecule is O=S(=O)(NC1C2CC3CC(C2)CC1C3)NS(=O)(=O)NC12CC3CC(CC(C3)C1)C2. The standard InChI is InChI=1S/C20H33N3O4S2/c24-28(25,21-19-17-5-12-1-13(7-17)8-18(19)6-12)23-29(26,27)22-20-9-14-2-15(10-20)4-16(3-14)11-20/h12-19,21-23H,1-11H2. The number of rotatable bonds is 6. The molecule has 0 amide bonds. The second-order valence-corrected chi connectivity index (χ2v) is 14.6. The fraction of sp³-hybridized carbons (Fsp3) is 1.00. The van der Waals surface area contributed by atoms with Gasteiger partial charge in [0, 0.05) is 11.6 Å². The topological polar surface area (TPSA) is 104 Å². The highest BCUT2D eigenvalue weighted by molar-refractivity contribution is 8.02. The van der Waals surface area contributed by atoms with Crippen molar-refractivity contribution < 1.29 is 16.8 Å². The molecule has 29 heavy (non-hydrogen) atoms. The summed E-state index contributed by atoms with van der Waals surface area (Å²) in [5, 5.41) is 0. The lowest BCUT2D eigenvalue weighted by Gasteiger charge is -2.56. The van der Waals surface area contributed by atoms with Crippen molar-refractivity contribution in [2.75, 3.05) is 0 Å². The molecule has 3 N–H and O–H groups in total. The van der Waals surface area contributed by atoms with E-state index < -0.39 is 26.0 Å². The maximum atomic E-state index is 12.8. The zero-order valence-corrected chi connectivity index (χ0v) is 18.5. The Kier molecular flexibility index (Phi) is 4.30. The van der Waals surface area contributed by atoms with Gasteiger partial charge in [-0.1, -0.05) is 4.13 Å². The van der Waals surface area contributed by atoms with Crippen LogP contribution in [0.1, 0.15) is 70.6 Å². The molecule has 0 aromatic rings. The second kappa shape index (κ2) is 6.40. The van der Waals surface area contributed by atoms with Gasteiger partial charge in [-0.3, -0.25) is 0 Å². The minimum atomic E-state index is -4.13. The van der Waals surface area contributed by atoms with Gasteiger partial charge in [0.2, 0.25) is 0 Å². The van der Waals surface area contributed by atoms with E-state index in [4.69, 9.17) is 0 Å². The van der Waals surface area contributed by atoms with Crippen molar-refractivity contribution in [3.8, 4) is 0 Å². The van der Waals surface area contributed by atoms with Gasteiger partial charge >= 0.3 is 0 Å². The Morgan fingerprint density at radius 2 is 1.03 bits per heavy atom. The summed E-state index contributed by atoms with van der Waals surface area (Å²) >= 11 is 0. The molecule has 7 nitrogen and oxygen atoms in total. The first-order chi connectivity index (χ1) is 13.7. The zero-order chi connectivity index (χ0) is 20.0. The average Bonchev–Trinajstić information content (AvgIpc) is 2.54. The van der Waals surface area contributed by atoms with Crippen LogP contribution in [-0.2, 0) is 20.4 Å². The zero-order valence-electron chi connectivity index (χ0n) is 16.8. The highest BCUT2D eigenvalue weighted by atomic mass is 32.3. The van der Waals surface area contributed by atoms with Crippen LogP contribution in [0.25, 0.3) is 0 Å². The summed E-state index contributed by atoms with van der Waals surface area (Å²) < 4.78 is 58.8. The van der Waals surface area contributed by atoms with Crippen LogP contribution in [0.5, 0.6) is 0 Å². The maximum Gasteiger partial charge on any atom is 0.291 e. The lowest BCUT2D eigenvalue weighted by Crippen LogP contribution is -2.63. The van der Waals surface area contributed by atoms with Gasteiger partial charge in [-0.25, -0.2) is 0 Å². The molecule has 0 heterocycles. The minimum Gasteiger partial charge on any atom is -0.198 e. The van der Waals surface area contributed by atoms with Gasteiger partial charge in [0.1, 0.15) is 0 Å². The minimum absolute atomic E-state index is 0.116. The van der Waals surface area contributed by atoms with Crippen molar-refractivity contribution in [3.63, 3.8) is 0 Å². The van der Waals surface area contributed by atoms with Crippen LogP contribution in [0.4, 0.5) is 0 Å². The van der Waals surface area contributed by atoms with Crippen LogP contribution in [0.2, 0.25) is 0 Å². The van der Waals surface area contributed by atoms with Gasteiger partial charge in [-0.05, 0) is 112 Å². The third-order valence-corrected chi connectivity index (χ3v) is 12.2. The molecule has 0 radical (unpaired) electrons. The number of nitrogens with one attached hydrogen (secondary N) is 3. The van der Waals surface area contributed by atoms with Crippen molar-refractivity contribution in [1.29, 1.82) is 0 Å². The molecular weight excluding hydrogens is 410 g/mol. The predicted octanol–water partition coefficient (Wildman–Crippen LogP) is 2.04. The molecular formula is C20H33N3O4S2. The van der Waals surface area contributed by atoms with Crippen LogP contribution in [0.15, 0.2) is 0 Å². The maximum absolute atomic E-state index is 12.8. The largest absolute Gasteiger partial charge is 0.291 e. The fourth-order valence-electron chi connectivity index (χ4n) is 9.01. The first-order valence-electron chi connectivity index (χ1n) is 11.5. The van der Waals surface area contributed by atoms with Gasteiger partial charge in [-0.2, -0.15) is 26.3 Å². The molecule has 8 aliphatic rings. The van der Waals surface area contributed by atoms with Crippen LogP contribution in [-0.4, -0.2) is 28.4 Å². The third kappa shape index (κ3) is 3.58. The van der Waals surface area contributed by atoms with Gasteiger partial charge in [-0.15, -0.1) is 0 Å². The highest BCUT2D eigenvalue weighted by Gasteiger charge is 2.53. The summed E-state index contributed by atoms with van der Waals surface area (Å²) in [7, 11) is -8.25. The summed E-state index contributed by atoms with van der Waals surface area (Å²) in [5.74, 6) is 3.98. The summed E-state index contributed by atoms with van der Waals surface area (Å²) in [5.41, 5.74) is -0.446. The molecule has 8 saturated carbocycles. The summed E-state index contributed by atoms with van der Waals surface area (Å²) in [6.07, 6.45) is 11.8. The Balaban J connectivity index is 1.14. The van der Waals surface area contributed by atoms with Crippen LogP contribution >= 0.6 is 0 Å². The molecule has 164 valence electrons. The van der Waals surface area contributed by atoms with E-state index in [0.29, 0.717) is 29.6 Å². The van der Waals surface area contributed by atoms with E-state index in [1.165, 1.54) is 25.7 Å². The molecule has 8 bridgehead atoms. The Morgan fingerprint density at radius 1 is 0.586 bits per heavy atom. The third-order valence-electron chi connectivity index (χ3n) is 9.13. The monoisotopic (exact) mass is 443 g/mol. The molecule has 8 rings (SSSR count). The molecule has 8 aliphatic carbocycles. The number of hydrogen-bond donors (Lipinski definition) is 3. The van der Waals surface area contributed by atoms with Gasteiger partial charge in [0.15, 0.2) is 0 Å². The molecule has 0 spiro atoms. The molecule has 0 atom stereocenters. The van der Waals surface area contributed by atoms with E-state index in [1.807, 2.05) is 4.13 Å². The van der Waals surface area contributed by atoms with E-state index in [-0.39, 0.29) is 6.04 Å². The summed E-state index contributed by atoms with van der Waals surface area (Å²) in [6, 6.07) is -0.116. The Hall–Kier alpha value is -0.220. The Morgan fingerprint density at radius 3 is 1.52 bits per heavy atom. The van der Waals surface area contributed by atoms with Crippen molar-refractivity contribution in [2.45, 2.75) is 82.2 Å². The van der Waals surface area contributed by atoms with E-state index in [0.717, 1.165) is 56.8 Å². The molecule has 0 aromatic carbocycles. The molecule has 8 fully saturated rings. The Labute approximate surface area is 174 Å². The van der Waals surface area contributed by atoms with E-state index >= 15 is 0 Å². The van der Waals surface area contributed by atoms with Crippen LogP contribution in [0.3, 0.4) is 0 Å². The highest BCUT2D eigenvalue weighted by Crippen LogP contribution is 2.56. The Bertz CT molecular complexity index is 837. The van der Waals surface area contributed by atoms with E-state index in [1.54, 1.807) is 0 Å². The molecule has 0 aromatic heterocycles. The first-order valence-corrected chi connectivity index (χ1v) is 14.5. The van der Waals surface area contributed by atoms with Gasteiger partial charge in [0.25, 0.3) is 20.4 Å². The summed E-state index contributed by atoms with van der Waals surface area (Å²) in [6.45, 7) is 0. The lowest BCUT2D eigenvalue weighted by molar-refractivity contribution is -0.00825. The van der Waals surface area contributed by atoms with Crippen molar-refractivity contribution in [3.05, 3.63) is 0 Å². The van der Waals surface area contributed by atoms with Gasteiger partial charge < -0.3 is 0 Å². The smallest absolute Gasteiger partial charge is 0.198 e. The van der Waals surface area contributed by atoms with E-state index in [2.05, 4.69) is 9.44 Å². The van der Waals surface area contributed by atoms with Gasteiger partial charge in [0.05, 0.1) is 0 Å². The average molecular weight is 444 g/mol. The van der Waals surface area contributed by atoms with Crippen molar-refractivity contribution in [1.82, 2.24) is 13.6 Å². The molecule has 0 unspecified atom stereocenters. The van der Waals surface area contributed by atoms with Crippen LogP contribution < -0.4 is 13.6 Å². The number of hydrogen-bond acceptors (Lipinski definition) is 4. The quantitative estimate of drug-likeness (QED) is 0.584. The molecule has 9 heteroatoms. The predicted molar refractivity (Wildman–Crippen MR) is 109 cm³/mol. The second-order valence-electron chi connectivity index (χ2n) is 11.5. The normalized spacial score (nSPS) is 50.3. The van der Waals surface area contributed by atoms with E-state index in [9.17, 15) is 16.8 Å². The first kappa shape index (κ1) is 19.5. The van der Waals surface area contributed by atoms with Crippen molar-refractivity contribution in [2.24, 2.45) is 41.4 Å². The lowest BCUT2D eigenvalue weighted by atomic mass is 9.53. The molecule has 0 aliphatic heterocycles. The van der Waals surface area contributed by atoms with Crippen molar-refractivity contribution >= 4 is 20.4 Å². The van der Waals surface area contributed by atoms with Crippen LogP contribution in [0, 0.1) is 41.4 Å². The summed E-state index contributed by atoms with van der Waals surface area (Å²) in [4.78, 5) is 0.